The van der Waals surface area contributed by atoms with Crippen LogP contribution in [0.15, 0.2) is 0 Å². The third kappa shape index (κ3) is 9.42. The van der Waals surface area contributed by atoms with Gasteiger partial charge in [0.1, 0.15) is 6.04 Å². The quantitative estimate of drug-likeness (QED) is 0.357. The van der Waals surface area contributed by atoms with E-state index in [1.54, 1.807) is 0 Å². The van der Waals surface area contributed by atoms with E-state index < -0.39 is 49.4 Å². The van der Waals surface area contributed by atoms with Gasteiger partial charge in [0.15, 0.2) is 0 Å². The Morgan fingerprint density at radius 1 is 0.842 bits per heavy atom. The molecule has 0 aliphatic heterocycles. The number of carboxylic acids is 4. The van der Waals surface area contributed by atoms with Gasteiger partial charge >= 0.3 is 53.4 Å². The van der Waals surface area contributed by atoms with E-state index in [1.807, 2.05) is 0 Å². The maximum atomic E-state index is 10.9. The van der Waals surface area contributed by atoms with Crippen molar-refractivity contribution in [3.63, 3.8) is 0 Å². The number of aliphatic carboxylic acids is 4. The average Bonchev–Trinajstić information content (AvgIpc) is 2.14. The van der Waals surface area contributed by atoms with Crippen LogP contribution in [0.2, 0.25) is 0 Å². The first-order valence-electron chi connectivity index (χ1n) is 4.86. The predicted molar refractivity (Wildman–Crippen MR) is 62.3 cm³/mol. The van der Waals surface area contributed by atoms with Crippen LogP contribution in [0.5, 0.6) is 0 Å². The Labute approximate surface area is 130 Å². The molecule has 0 aromatic heterocycles. The first-order chi connectivity index (χ1) is 8.23. The van der Waals surface area contributed by atoms with Crippen LogP contribution in [0, 0.1) is 0 Å². The van der Waals surface area contributed by atoms with Crippen molar-refractivity contribution >= 4 is 53.4 Å². The molecule has 0 amide bonds. The summed E-state index contributed by atoms with van der Waals surface area (Å²) < 4.78 is 0. The molecule has 0 spiro atoms. The van der Waals surface area contributed by atoms with Crippen molar-refractivity contribution in [1.29, 1.82) is 0 Å². The van der Waals surface area contributed by atoms with Crippen LogP contribution in [-0.2, 0) is 19.2 Å². The van der Waals surface area contributed by atoms with Gasteiger partial charge in [-0.3, -0.25) is 24.1 Å². The van der Waals surface area contributed by atoms with Crippen molar-refractivity contribution < 1.29 is 39.6 Å². The monoisotopic (exact) mass is 287 g/mol. The van der Waals surface area contributed by atoms with Gasteiger partial charge in [0.05, 0.1) is 13.1 Å². The van der Waals surface area contributed by atoms with Gasteiger partial charge < -0.3 is 20.4 Å². The third-order valence-corrected chi connectivity index (χ3v) is 2.03. The second kappa shape index (κ2) is 9.73. The molecule has 0 aromatic carbocycles. The molecule has 0 aromatic rings. The van der Waals surface area contributed by atoms with Crippen molar-refractivity contribution in [2.24, 2.45) is 0 Å². The molecule has 0 heterocycles. The maximum absolute atomic E-state index is 10.9. The van der Waals surface area contributed by atoms with Gasteiger partial charge in [-0.15, -0.1) is 0 Å². The first-order valence-corrected chi connectivity index (χ1v) is 4.86. The fourth-order valence-electron chi connectivity index (χ4n) is 1.35. The molecular weight excluding hydrogens is 273 g/mol. The second-order valence-electron chi connectivity index (χ2n) is 3.48. The van der Waals surface area contributed by atoms with Crippen LogP contribution in [0.1, 0.15) is 12.8 Å². The minimum atomic E-state index is -1.46. The summed E-state index contributed by atoms with van der Waals surface area (Å²) >= 11 is 0. The van der Waals surface area contributed by atoms with Crippen LogP contribution in [-0.4, -0.2) is 97.9 Å². The standard InChI is InChI=1S/C9H13NO8.Na.H/c11-6(12)2-1-5(9(17)18)10(3-7(13)14)4-8(15)16;;/h5H,1-4H2,(H,11,12)(H,13,14)(H,15,16)(H,17,18);;/t5-;;/m1../s1. The summed E-state index contributed by atoms with van der Waals surface area (Å²) in [5.41, 5.74) is 0. The normalized spacial score (nSPS) is 11.4. The van der Waals surface area contributed by atoms with E-state index in [-0.39, 0.29) is 36.0 Å². The summed E-state index contributed by atoms with van der Waals surface area (Å²) in [5.74, 6) is -5.48. The first kappa shape index (κ1) is 20.2. The van der Waals surface area contributed by atoms with Gasteiger partial charge in [0.2, 0.25) is 0 Å². The molecule has 0 saturated heterocycles. The zero-order valence-corrected chi connectivity index (χ0v) is 9.27. The Morgan fingerprint density at radius 2 is 1.26 bits per heavy atom. The molecule has 0 fully saturated rings. The number of nitrogens with zero attached hydrogens (tertiary/aromatic N) is 1. The molecule has 0 bridgehead atoms. The molecule has 104 valence electrons. The van der Waals surface area contributed by atoms with E-state index in [9.17, 15) is 19.2 Å². The molecule has 9 nitrogen and oxygen atoms in total. The summed E-state index contributed by atoms with van der Waals surface area (Å²) in [6.45, 7) is -1.58. The summed E-state index contributed by atoms with van der Waals surface area (Å²) in [6.07, 6.45) is -0.863. The van der Waals surface area contributed by atoms with Crippen LogP contribution in [0.25, 0.3) is 0 Å². The van der Waals surface area contributed by atoms with Crippen molar-refractivity contribution in [3.05, 3.63) is 0 Å². The number of rotatable bonds is 9. The van der Waals surface area contributed by atoms with Gasteiger partial charge in [-0.25, -0.2) is 0 Å². The summed E-state index contributed by atoms with van der Waals surface area (Å²) in [6, 6.07) is -1.46. The van der Waals surface area contributed by atoms with Crippen molar-refractivity contribution in [2.75, 3.05) is 13.1 Å². The van der Waals surface area contributed by atoms with E-state index in [2.05, 4.69) is 0 Å². The van der Waals surface area contributed by atoms with Gasteiger partial charge in [0, 0.05) is 6.42 Å². The molecule has 0 aliphatic carbocycles. The molecular formula is C9H14NNaO8. The Kier molecular flexibility index (Phi) is 10.3. The van der Waals surface area contributed by atoms with E-state index in [0.29, 0.717) is 4.90 Å². The Balaban J connectivity index is 0. The SMILES string of the molecule is O=C(O)CC[C@H](C(=O)O)N(CC(=O)O)CC(=O)O.[NaH]. The van der Waals surface area contributed by atoms with E-state index >= 15 is 0 Å². The van der Waals surface area contributed by atoms with Crippen molar-refractivity contribution in [2.45, 2.75) is 18.9 Å². The molecule has 0 unspecified atom stereocenters. The summed E-state index contributed by atoms with van der Waals surface area (Å²) in [7, 11) is 0. The molecule has 1 atom stereocenters. The average molecular weight is 287 g/mol. The van der Waals surface area contributed by atoms with Gasteiger partial charge in [-0.05, 0) is 6.42 Å². The molecule has 0 radical (unpaired) electrons. The minimum absolute atomic E-state index is 0. The van der Waals surface area contributed by atoms with Crippen molar-refractivity contribution in [3.8, 4) is 0 Å². The molecule has 0 aliphatic rings. The van der Waals surface area contributed by atoms with Gasteiger partial charge in [-0.1, -0.05) is 0 Å². The number of hydrogen-bond acceptors (Lipinski definition) is 5. The fraction of sp³-hybridized carbons (Fsp3) is 0.556. The molecule has 10 heteroatoms. The molecule has 19 heavy (non-hydrogen) atoms. The van der Waals surface area contributed by atoms with Crippen LogP contribution >= 0.6 is 0 Å². The Hall–Kier alpha value is -1.16. The zero-order valence-electron chi connectivity index (χ0n) is 9.27. The topological polar surface area (TPSA) is 152 Å². The van der Waals surface area contributed by atoms with E-state index in [1.165, 1.54) is 0 Å². The molecule has 0 rings (SSSR count). The second-order valence-corrected chi connectivity index (χ2v) is 3.48. The number of hydrogen-bond donors (Lipinski definition) is 4. The van der Waals surface area contributed by atoms with E-state index in [4.69, 9.17) is 20.4 Å². The van der Waals surface area contributed by atoms with Crippen molar-refractivity contribution in [1.82, 2.24) is 4.90 Å². The summed E-state index contributed by atoms with van der Waals surface area (Å²) in [5, 5.41) is 34.4. The van der Waals surface area contributed by atoms with Gasteiger partial charge in [0.25, 0.3) is 0 Å². The van der Waals surface area contributed by atoms with Crippen LogP contribution in [0.3, 0.4) is 0 Å². The van der Waals surface area contributed by atoms with E-state index in [0.717, 1.165) is 0 Å². The van der Waals surface area contributed by atoms with Crippen LogP contribution in [0.4, 0.5) is 0 Å². The number of carboxylic acid groups (broad SMARTS) is 4. The molecule has 4 N–H and O–H groups in total. The predicted octanol–water partition coefficient (Wildman–Crippen LogP) is -1.87. The summed E-state index contributed by atoms with van der Waals surface area (Å²) in [4.78, 5) is 43.0. The molecule has 0 saturated carbocycles. The Morgan fingerprint density at radius 3 is 1.53 bits per heavy atom. The fourth-order valence-corrected chi connectivity index (χ4v) is 1.35. The number of carbonyl (C=O) groups is 4. The Bertz CT molecular complexity index is 342. The zero-order chi connectivity index (χ0) is 14.3. The van der Waals surface area contributed by atoms with Crippen LogP contribution < -0.4 is 0 Å². The van der Waals surface area contributed by atoms with Gasteiger partial charge in [-0.2, -0.15) is 0 Å². The third-order valence-electron chi connectivity index (χ3n) is 2.03.